The van der Waals surface area contributed by atoms with Crippen LogP contribution in [0.3, 0.4) is 0 Å². The van der Waals surface area contributed by atoms with Crippen molar-refractivity contribution in [2.45, 2.75) is 18.8 Å². The Balaban J connectivity index is 1.51. The number of fused-ring (bicyclic) bond motifs is 1. The third-order valence-corrected chi connectivity index (χ3v) is 4.46. The minimum atomic E-state index is -0.291. The zero-order valence-electron chi connectivity index (χ0n) is 11.5. The van der Waals surface area contributed by atoms with E-state index in [9.17, 15) is 9.59 Å². The second-order valence-electron chi connectivity index (χ2n) is 5.22. The number of rotatable bonds is 3. The molecule has 112 valence electrons. The lowest BCUT2D eigenvalue weighted by Crippen LogP contribution is -2.25. The first-order valence-corrected chi connectivity index (χ1v) is 7.72. The minimum Gasteiger partial charge on any atom is -0.482 e. The zero-order chi connectivity index (χ0) is 15.1. The number of carbonyl (C=O) groups excluding carboxylic acids is 2. The average Bonchev–Trinajstić information content (AvgIpc) is 3.27. The fraction of sp³-hybridized carbons (Fsp3) is 0.286. The lowest BCUT2D eigenvalue weighted by Gasteiger charge is -2.18. The van der Waals surface area contributed by atoms with Crippen LogP contribution in [-0.2, 0) is 4.79 Å². The van der Waals surface area contributed by atoms with Crippen LogP contribution >= 0.6 is 11.3 Å². The summed E-state index contributed by atoms with van der Waals surface area (Å²) in [4.78, 5) is 23.6. The molecule has 0 spiro atoms. The van der Waals surface area contributed by atoms with E-state index >= 15 is 0 Å². The summed E-state index contributed by atoms with van der Waals surface area (Å²) >= 11 is 1.41. The number of anilines is 2. The molecular weight excluding hydrogens is 304 g/mol. The topological polar surface area (TPSA) is 93.2 Å². The molecule has 2 heterocycles. The number of nitrogens with one attached hydrogen (secondary N) is 2. The van der Waals surface area contributed by atoms with E-state index in [1.807, 2.05) is 0 Å². The summed E-state index contributed by atoms with van der Waals surface area (Å²) in [5.41, 5.74) is 0.924. The SMILES string of the molecule is O=C1COc2ccc(C(=O)Nc3nnc(C4CC4)s3)cc2N1. The zero-order valence-corrected chi connectivity index (χ0v) is 12.3. The Morgan fingerprint density at radius 1 is 1.36 bits per heavy atom. The first-order valence-electron chi connectivity index (χ1n) is 6.90. The first-order chi connectivity index (χ1) is 10.7. The highest BCUT2D eigenvalue weighted by atomic mass is 32.1. The summed E-state index contributed by atoms with van der Waals surface area (Å²) in [5.74, 6) is 0.548. The molecule has 2 aliphatic rings. The van der Waals surface area contributed by atoms with E-state index in [2.05, 4.69) is 20.8 Å². The maximum absolute atomic E-state index is 12.3. The Labute approximate surface area is 129 Å². The van der Waals surface area contributed by atoms with Gasteiger partial charge in [-0.05, 0) is 31.0 Å². The van der Waals surface area contributed by atoms with Crippen molar-refractivity contribution in [2.75, 3.05) is 17.2 Å². The Morgan fingerprint density at radius 2 is 2.23 bits per heavy atom. The molecule has 8 heteroatoms. The van der Waals surface area contributed by atoms with Crippen LogP contribution in [0.25, 0.3) is 0 Å². The minimum absolute atomic E-state index is 0.00668. The van der Waals surface area contributed by atoms with Crippen molar-refractivity contribution < 1.29 is 14.3 Å². The van der Waals surface area contributed by atoms with Gasteiger partial charge in [0.05, 0.1) is 5.69 Å². The molecule has 0 bridgehead atoms. The standard InChI is InChI=1S/C14H12N4O3S/c19-11-6-21-10-4-3-8(5-9(10)15-11)12(20)16-14-18-17-13(22-14)7-1-2-7/h3-5,7H,1-2,6H2,(H,15,19)(H,16,18,20). The van der Waals surface area contributed by atoms with Crippen molar-refractivity contribution in [3.63, 3.8) is 0 Å². The summed E-state index contributed by atoms with van der Waals surface area (Å²) in [6.07, 6.45) is 2.29. The van der Waals surface area contributed by atoms with Gasteiger partial charge in [0.1, 0.15) is 10.8 Å². The highest BCUT2D eigenvalue weighted by Gasteiger charge is 2.28. The van der Waals surface area contributed by atoms with Gasteiger partial charge in [-0.25, -0.2) is 0 Å². The van der Waals surface area contributed by atoms with Crippen LogP contribution in [0.1, 0.15) is 34.1 Å². The van der Waals surface area contributed by atoms with E-state index in [-0.39, 0.29) is 18.4 Å². The van der Waals surface area contributed by atoms with Gasteiger partial charge in [0.15, 0.2) is 6.61 Å². The van der Waals surface area contributed by atoms with Gasteiger partial charge in [-0.15, -0.1) is 10.2 Å². The van der Waals surface area contributed by atoms with Crippen molar-refractivity contribution in [1.29, 1.82) is 0 Å². The Bertz CT molecular complexity index is 769. The maximum atomic E-state index is 12.3. The first kappa shape index (κ1) is 13.2. The summed E-state index contributed by atoms with van der Waals surface area (Å²) < 4.78 is 5.26. The van der Waals surface area contributed by atoms with E-state index < -0.39 is 0 Å². The molecule has 1 aliphatic heterocycles. The van der Waals surface area contributed by atoms with E-state index in [4.69, 9.17) is 4.74 Å². The smallest absolute Gasteiger partial charge is 0.262 e. The van der Waals surface area contributed by atoms with Crippen molar-refractivity contribution in [3.05, 3.63) is 28.8 Å². The van der Waals surface area contributed by atoms with Crippen molar-refractivity contribution in [3.8, 4) is 5.75 Å². The van der Waals surface area contributed by atoms with Crippen LogP contribution in [0.4, 0.5) is 10.8 Å². The highest BCUT2D eigenvalue weighted by molar-refractivity contribution is 7.15. The molecular formula is C14H12N4O3S. The fourth-order valence-electron chi connectivity index (χ4n) is 2.17. The summed E-state index contributed by atoms with van der Waals surface area (Å²) in [6.45, 7) is -0.00668. The molecule has 0 unspecified atom stereocenters. The monoisotopic (exact) mass is 316 g/mol. The van der Waals surface area contributed by atoms with Crippen LogP contribution in [0, 0.1) is 0 Å². The Morgan fingerprint density at radius 3 is 3.05 bits per heavy atom. The Kier molecular flexibility index (Phi) is 3.04. The number of ether oxygens (including phenoxy) is 1. The third kappa shape index (κ3) is 2.52. The van der Waals surface area contributed by atoms with Gasteiger partial charge in [0, 0.05) is 11.5 Å². The number of carbonyl (C=O) groups is 2. The largest absolute Gasteiger partial charge is 0.482 e. The van der Waals surface area contributed by atoms with E-state index in [1.165, 1.54) is 11.3 Å². The van der Waals surface area contributed by atoms with Crippen molar-refractivity contribution >= 4 is 34.0 Å². The second kappa shape index (κ2) is 5.06. The average molecular weight is 316 g/mol. The maximum Gasteiger partial charge on any atom is 0.262 e. The molecule has 1 saturated carbocycles. The molecule has 0 radical (unpaired) electrons. The fourth-order valence-corrected chi connectivity index (χ4v) is 3.08. The van der Waals surface area contributed by atoms with Gasteiger partial charge < -0.3 is 10.1 Å². The second-order valence-corrected chi connectivity index (χ2v) is 6.23. The molecule has 1 aliphatic carbocycles. The van der Waals surface area contributed by atoms with Crippen LogP contribution in [0.5, 0.6) is 5.75 Å². The molecule has 4 rings (SSSR count). The van der Waals surface area contributed by atoms with E-state index in [0.29, 0.717) is 28.0 Å². The normalized spacial score (nSPS) is 16.5. The van der Waals surface area contributed by atoms with Gasteiger partial charge >= 0.3 is 0 Å². The molecule has 22 heavy (non-hydrogen) atoms. The van der Waals surface area contributed by atoms with E-state index in [1.54, 1.807) is 18.2 Å². The van der Waals surface area contributed by atoms with Crippen molar-refractivity contribution in [2.24, 2.45) is 0 Å². The lowest BCUT2D eigenvalue weighted by atomic mass is 10.1. The quantitative estimate of drug-likeness (QED) is 0.903. The molecule has 0 atom stereocenters. The number of nitrogens with zero attached hydrogens (tertiary/aromatic N) is 2. The summed E-state index contributed by atoms with van der Waals surface area (Å²) in [7, 11) is 0. The predicted octanol–water partition coefficient (Wildman–Crippen LogP) is 2.00. The predicted molar refractivity (Wildman–Crippen MR) is 80.4 cm³/mol. The van der Waals surface area contributed by atoms with Gasteiger partial charge in [-0.2, -0.15) is 0 Å². The van der Waals surface area contributed by atoms with Crippen LogP contribution in [-0.4, -0.2) is 28.6 Å². The summed E-state index contributed by atoms with van der Waals surface area (Å²) in [6, 6.07) is 4.90. The van der Waals surface area contributed by atoms with Gasteiger partial charge in [-0.3, -0.25) is 14.9 Å². The van der Waals surface area contributed by atoms with E-state index in [0.717, 1.165) is 17.8 Å². The van der Waals surface area contributed by atoms with Gasteiger partial charge in [0.2, 0.25) is 5.13 Å². The number of hydrogen-bond acceptors (Lipinski definition) is 6. The molecule has 7 nitrogen and oxygen atoms in total. The molecule has 1 aromatic carbocycles. The molecule has 2 N–H and O–H groups in total. The third-order valence-electron chi connectivity index (χ3n) is 3.46. The number of aromatic nitrogens is 2. The van der Waals surface area contributed by atoms with Gasteiger partial charge in [-0.1, -0.05) is 11.3 Å². The molecule has 2 amide bonds. The van der Waals surface area contributed by atoms with Crippen LogP contribution in [0.2, 0.25) is 0 Å². The molecule has 0 saturated heterocycles. The molecule has 1 aromatic heterocycles. The number of hydrogen-bond donors (Lipinski definition) is 2. The number of amides is 2. The molecule has 1 fully saturated rings. The highest BCUT2D eigenvalue weighted by Crippen LogP contribution is 2.42. The summed E-state index contributed by atoms with van der Waals surface area (Å²) in [5, 5.41) is 14.9. The van der Waals surface area contributed by atoms with Gasteiger partial charge in [0.25, 0.3) is 11.8 Å². The van der Waals surface area contributed by atoms with Crippen LogP contribution in [0.15, 0.2) is 18.2 Å². The lowest BCUT2D eigenvalue weighted by molar-refractivity contribution is -0.118. The number of benzene rings is 1. The van der Waals surface area contributed by atoms with Crippen LogP contribution < -0.4 is 15.4 Å². The van der Waals surface area contributed by atoms with Crippen molar-refractivity contribution in [1.82, 2.24) is 10.2 Å². The Hall–Kier alpha value is -2.48. The molecule has 2 aromatic rings.